The molecule has 0 bridgehead atoms. The van der Waals surface area contributed by atoms with Crippen molar-refractivity contribution >= 4 is 18.1 Å². The van der Waals surface area contributed by atoms with Gasteiger partial charge in [-0.15, -0.1) is 0 Å². The predicted octanol–water partition coefficient (Wildman–Crippen LogP) is 7.52. The van der Waals surface area contributed by atoms with Crippen molar-refractivity contribution in [3.63, 3.8) is 0 Å². The van der Waals surface area contributed by atoms with Gasteiger partial charge in [-0.05, 0) is 70.6 Å². The van der Waals surface area contributed by atoms with Gasteiger partial charge in [-0.2, -0.15) is 13.2 Å². The van der Waals surface area contributed by atoms with Crippen molar-refractivity contribution in [3.8, 4) is 11.1 Å². The minimum atomic E-state index is -4.41. The van der Waals surface area contributed by atoms with Crippen molar-refractivity contribution in [3.05, 3.63) is 125 Å². The molecule has 0 aromatic heterocycles. The van der Waals surface area contributed by atoms with Crippen molar-refractivity contribution in [2.45, 2.75) is 18.5 Å². The van der Waals surface area contributed by atoms with Gasteiger partial charge in [0.05, 0.1) is 5.56 Å². The number of fused-ring (bicyclic) bond motifs is 3. The van der Waals surface area contributed by atoms with Crippen LogP contribution in [0.3, 0.4) is 0 Å². The highest BCUT2D eigenvalue weighted by Crippen LogP contribution is 2.44. The molecule has 0 radical (unpaired) electrons. The molecule has 192 valence electrons. The van der Waals surface area contributed by atoms with Crippen molar-refractivity contribution < 1.29 is 27.5 Å². The van der Waals surface area contributed by atoms with Crippen LogP contribution in [0.25, 0.3) is 11.1 Å². The first-order valence-electron chi connectivity index (χ1n) is 12.2. The number of anilines is 1. The maximum absolute atomic E-state index is 13.4. The molecule has 4 aromatic rings. The SMILES string of the molecule is O=Cc1ccc(N(CCc2ccc(C(F)(F)F)cc2)C(=O)OCC2c3ccccc3-c3ccccc32)cc1. The quantitative estimate of drug-likeness (QED) is 0.239. The summed E-state index contributed by atoms with van der Waals surface area (Å²) in [6, 6.07) is 27.5. The van der Waals surface area contributed by atoms with Gasteiger partial charge in [0.15, 0.2) is 0 Å². The second-order valence-corrected chi connectivity index (χ2v) is 9.11. The molecule has 5 rings (SSSR count). The molecule has 1 amide bonds. The Bertz CT molecular complexity index is 1400. The molecule has 0 aliphatic heterocycles. The smallest absolute Gasteiger partial charge is 0.416 e. The average molecular weight is 516 g/mol. The predicted molar refractivity (Wildman–Crippen MR) is 139 cm³/mol. The number of aldehydes is 1. The van der Waals surface area contributed by atoms with Crippen LogP contribution < -0.4 is 4.90 Å². The lowest BCUT2D eigenvalue weighted by atomic mass is 9.98. The van der Waals surface area contributed by atoms with Gasteiger partial charge in [-0.1, -0.05) is 60.7 Å². The van der Waals surface area contributed by atoms with Crippen LogP contribution in [0.1, 0.15) is 38.5 Å². The molecule has 4 aromatic carbocycles. The van der Waals surface area contributed by atoms with E-state index in [2.05, 4.69) is 12.1 Å². The monoisotopic (exact) mass is 515 g/mol. The second-order valence-electron chi connectivity index (χ2n) is 9.11. The number of benzene rings is 4. The average Bonchev–Trinajstić information content (AvgIpc) is 3.26. The number of carbonyl (C=O) groups excluding carboxylic acids is 2. The summed E-state index contributed by atoms with van der Waals surface area (Å²) in [4.78, 5) is 25.9. The molecule has 0 saturated heterocycles. The summed E-state index contributed by atoms with van der Waals surface area (Å²) in [5.74, 6) is -0.111. The van der Waals surface area contributed by atoms with Crippen molar-refractivity contribution in [2.24, 2.45) is 0 Å². The Morgan fingerprint density at radius 3 is 1.95 bits per heavy atom. The molecule has 0 N–H and O–H groups in total. The van der Waals surface area contributed by atoms with E-state index in [9.17, 15) is 22.8 Å². The molecule has 1 aliphatic rings. The number of rotatable bonds is 7. The highest BCUT2D eigenvalue weighted by atomic mass is 19.4. The standard InChI is InChI=1S/C31H24F3NO3/c32-31(33,34)23-13-9-21(10-14-23)17-18-35(24-15-11-22(19-36)12-16-24)30(37)38-20-29-27-7-3-1-5-25(27)26-6-2-4-8-28(26)29/h1-16,19,29H,17-18,20H2. The number of halogens is 3. The van der Waals surface area contributed by atoms with Crippen molar-refractivity contribution in [2.75, 3.05) is 18.1 Å². The van der Waals surface area contributed by atoms with Crippen LogP contribution in [0.2, 0.25) is 0 Å². The van der Waals surface area contributed by atoms with Gasteiger partial charge in [0, 0.05) is 23.7 Å². The lowest BCUT2D eigenvalue weighted by Gasteiger charge is -2.24. The molecular formula is C31H24F3NO3. The zero-order valence-electron chi connectivity index (χ0n) is 20.3. The Balaban J connectivity index is 1.34. The number of amides is 1. The van der Waals surface area contributed by atoms with E-state index in [1.54, 1.807) is 24.3 Å². The molecular weight excluding hydrogens is 491 g/mol. The van der Waals surface area contributed by atoms with Crippen LogP contribution >= 0.6 is 0 Å². The molecule has 0 atom stereocenters. The number of hydrogen-bond acceptors (Lipinski definition) is 3. The van der Waals surface area contributed by atoms with Crippen LogP contribution in [0.15, 0.2) is 97.1 Å². The minimum absolute atomic E-state index is 0.111. The fourth-order valence-electron chi connectivity index (χ4n) is 4.83. The zero-order valence-corrected chi connectivity index (χ0v) is 20.3. The maximum Gasteiger partial charge on any atom is 0.416 e. The number of hydrogen-bond donors (Lipinski definition) is 0. The Kier molecular flexibility index (Phi) is 7.01. The number of carbonyl (C=O) groups is 2. The highest BCUT2D eigenvalue weighted by Gasteiger charge is 2.31. The maximum atomic E-state index is 13.4. The molecule has 1 aliphatic carbocycles. The fourth-order valence-corrected chi connectivity index (χ4v) is 4.83. The van der Waals surface area contributed by atoms with Crippen LogP contribution in [-0.4, -0.2) is 25.5 Å². The highest BCUT2D eigenvalue weighted by molar-refractivity contribution is 5.88. The van der Waals surface area contributed by atoms with E-state index in [1.807, 2.05) is 36.4 Å². The molecule has 0 heterocycles. The molecule has 0 spiro atoms. The van der Waals surface area contributed by atoms with E-state index in [4.69, 9.17) is 4.74 Å². The Hall–Kier alpha value is -4.39. The van der Waals surface area contributed by atoms with Gasteiger partial charge in [0.2, 0.25) is 0 Å². The summed E-state index contributed by atoms with van der Waals surface area (Å²) in [6.07, 6.45) is -3.95. The zero-order chi connectivity index (χ0) is 26.7. The Labute approximate surface area is 218 Å². The molecule has 4 nitrogen and oxygen atoms in total. The van der Waals surface area contributed by atoms with Gasteiger partial charge in [-0.3, -0.25) is 9.69 Å². The fraction of sp³-hybridized carbons (Fsp3) is 0.161. The lowest BCUT2D eigenvalue weighted by molar-refractivity contribution is -0.137. The third-order valence-electron chi connectivity index (χ3n) is 6.80. The third-order valence-corrected chi connectivity index (χ3v) is 6.80. The first-order valence-corrected chi connectivity index (χ1v) is 12.2. The van der Waals surface area contributed by atoms with Crippen LogP contribution in [0.5, 0.6) is 0 Å². The van der Waals surface area contributed by atoms with E-state index < -0.39 is 17.8 Å². The largest absolute Gasteiger partial charge is 0.448 e. The van der Waals surface area contributed by atoms with Crippen molar-refractivity contribution in [1.29, 1.82) is 0 Å². The second kappa shape index (κ2) is 10.5. The van der Waals surface area contributed by atoms with Crippen LogP contribution in [0, 0.1) is 0 Å². The first kappa shape index (κ1) is 25.3. The van der Waals surface area contributed by atoms with Gasteiger partial charge in [-0.25, -0.2) is 4.79 Å². The molecule has 38 heavy (non-hydrogen) atoms. The Morgan fingerprint density at radius 1 is 0.816 bits per heavy atom. The number of alkyl halides is 3. The van der Waals surface area contributed by atoms with Crippen LogP contribution in [-0.2, 0) is 17.3 Å². The van der Waals surface area contributed by atoms with E-state index >= 15 is 0 Å². The van der Waals surface area contributed by atoms with Gasteiger partial charge in [0.25, 0.3) is 0 Å². The summed E-state index contributed by atoms with van der Waals surface area (Å²) in [5, 5.41) is 0. The summed E-state index contributed by atoms with van der Waals surface area (Å²) < 4.78 is 44.6. The van der Waals surface area contributed by atoms with E-state index in [-0.39, 0.29) is 19.1 Å². The molecule has 0 unspecified atom stereocenters. The normalized spacial score (nSPS) is 12.5. The van der Waals surface area contributed by atoms with Crippen molar-refractivity contribution in [1.82, 2.24) is 0 Å². The third kappa shape index (κ3) is 5.18. The molecule has 7 heteroatoms. The topological polar surface area (TPSA) is 46.6 Å². The summed E-state index contributed by atoms with van der Waals surface area (Å²) in [5.41, 5.74) is 5.34. The molecule has 0 fully saturated rings. The van der Waals surface area contributed by atoms with Crippen LogP contribution in [0.4, 0.5) is 23.7 Å². The first-order chi connectivity index (χ1) is 18.3. The van der Waals surface area contributed by atoms with Gasteiger partial charge >= 0.3 is 12.3 Å². The number of nitrogens with zero attached hydrogens (tertiary/aromatic N) is 1. The van der Waals surface area contributed by atoms with Gasteiger partial charge in [0.1, 0.15) is 12.9 Å². The Morgan fingerprint density at radius 2 is 1.39 bits per heavy atom. The summed E-state index contributed by atoms with van der Waals surface area (Å²) in [7, 11) is 0. The lowest BCUT2D eigenvalue weighted by Crippen LogP contribution is -2.34. The summed E-state index contributed by atoms with van der Waals surface area (Å²) >= 11 is 0. The van der Waals surface area contributed by atoms with Gasteiger partial charge < -0.3 is 4.74 Å². The van der Waals surface area contributed by atoms with E-state index in [0.29, 0.717) is 29.5 Å². The summed E-state index contributed by atoms with van der Waals surface area (Å²) in [6.45, 7) is 0.318. The van der Waals surface area contributed by atoms with E-state index in [0.717, 1.165) is 34.4 Å². The molecule has 0 saturated carbocycles. The minimum Gasteiger partial charge on any atom is -0.448 e. The van der Waals surface area contributed by atoms with E-state index in [1.165, 1.54) is 17.0 Å². The number of ether oxygens (including phenoxy) is 1.